The fourth-order valence-corrected chi connectivity index (χ4v) is 2.51. The molecule has 1 unspecified atom stereocenters. The van der Waals surface area contributed by atoms with E-state index in [1.54, 1.807) is 4.90 Å². The Bertz CT molecular complexity index is 507. The van der Waals surface area contributed by atoms with E-state index in [0.717, 1.165) is 10.0 Å². The average molecular weight is 340 g/mol. The molecule has 1 aliphatic heterocycles. The minimum atomic E-state index is -0.0929. The van der Waals surface area contributed by atoms with Crippen molar-refractivity contribution in [1.29, 1.82) is 0 Å². The highest BCUT2D eigenvalue weighted by Gasteiger charge is 2.21. The number of halogens is 1. The molecule has 2 amide bonds. The third-order valence-corrected chi connectivity index (χ3v) is 3.79. The van der Waals surface area contributed by atoms with Crippen molar-refractivity contribution >= 4 is 27.7 Å². The van der Waals surface area contributed by atoms with Crippen LogP contribution in [0.3, 0.4) is 0 Å². The highest BCUT2D eigenvalue weighted by molar-refractivity contribution is 9.10. The van der Waals surface area contributed by atoms with Crippen molar-refractivity contribution in [2.24, 2.45) is 0 Å². The molecule has 2 rings (SSSR count). The van der Waals surface area contributed by atoms with Gasteiger partial charge in [0.1, 0.15) is 0 Å². The van der Waals surface area contributed by atoms with Crippen molar-refractivity contribution in [3.05, 3.63) is 34.3 Å². The second-order valence-corrected chi connectivity index (χ2v) is 5.74. The summed E-state index contributed by atoms with van der Waals surface area (Å²) in [5.74, 6) is -0.133. The van der Waals surface area contributed by atoms with Crippen molar-refractivity contribution in [2.45, 2.75) is 13.0 Å². The Kier molecular flexibility index (Phi) is 5.14. The van der Waals surface area contributed by atoms with Gasteiger partial charge in [0.2, 0.25) is 11.8 Å². The second-order valence-electron chi connectivity index (χ2n) is 4.82. The smallest absolute Gasteiger partial charge is 0.239 e. The SMILES string of the molecule is CC(NCC(=O)N1CCNC(=O)C1)c1cccc(Br)c1. The van der Waals surface area contributed by atoms with E-state index in [-0.39, 0.29) is 30.9 Å². The van der Waals surface area contributed by atoms with E-state index < -0.39 is 0 Å². The quantitative estimate of drug-likeness (QED) is 0.862. The molecule has 0 spiro atoms. The lowest BCUT2D eigenvalue weighted by Gasteiger charge is -2.27. The molecule has 108 valence electrons. The van der Waals surface area contributed by atoms with Crippen LogP contribution in [-0.2, 0) is 9.59 Å². The normalized spacial score (nSPS) is 16.7. The van der Waals surface area contributed by atoms with Gasteiger partial charge in [-0.15, -0.1) is 0 Å². The summed E-state index contributed by atoms with van der Waals surface area (Å²) in [4.78, 5) is 24.8. The van der Waals surface area contributed by atoms with Gasteiger partial charge in [0.05, 0.1) is 13.1 Å². The first-order valence-electron chi connectivity index (χ1n) is 6.59. The maximum Gasteiger partial charge on any atom is 0.239 e. The highest BCUT2D eigenvalue weighted by Crippen LogP contribution is 2.17. The molecular formula is C14H18BrN3O2. The maximum absolute atomic E-state index is 12.0. The fourth-order valence-electron chi connectivity index (χ4n) is 2.10. The Hall–Kier alpha value is -1.40. The second kappa shape index (κ2) is 6.85. The Balaban J connectivity index is 1.85. The van der Waals surface area contributed by atoms with Crippen LogP contribution in [0.5, 0.6) is 0 Å². The first-order valence-corrected chi connectivity index (χ1v) is 7.39. The summed E-state index contributed by atoms with van der Waals surface area (Å²) in [6.45, 7) is 3.52. The summed E-state index contributed by atoms with van der Waals surface area (Å²) in [6.07, 6.45) is 0. The molecule has 20 heavy (non-hydrogen) atoms. The Morgan fingerprint density at radius 3 is 3.05 bits per heavy atom. The molecule has 1 aliphatic rings. The molecule has 0 aliphatic carbocycles. The summed E-state index contributed by atoms with van der Waals surface area (Å²) in [5, 5.41) is 5.90. The molecule has 6 heteroatoms. The van der Waals surface area contributed by atoms with Crippen molar-refractivity contribution in [3.8, 4) is 0 Å². The number of hydrogen-bond donors (Lipinski definition) is 2. The summed E-state index contributed by atoms with van der Waals surface area (Å²) >= 11 is 3.43. The Morgan fingerprint density at radius 2 is 2.35 bits per heavy atom. The Morgan fingerprint density at radius 1 is 1.55 bits per heavy atom. The number of carbonyl (C=O) groups excluding carboxylic acids is 2. The van der Waals surface area contributed by atoms with Crippen LogP contribution in [0.2, 0.25) is 0 Å². The minimum Gasteiger partial charge on any atom is -0.353 e. The van der Waals surface area contributed by atoms with E-state index in [1.807, 2.05) is 31.2 Å². The zero-order valence-corrected chi connectivity index (χ0v) is 12.9. The topological polar surface area (TPSA) is 61.4 Å². The lowest BCUT2D eigenvalue weighted by molar-refractivity contribution is -0.137. The van der Waals surface area contributed by atoms with E-state index in [2.05, 4.69) is 26.6 Å². The van der Waals surface area contributed by atoms with Gasteiger partial charge in [-0.25, -0.2) is 0 Å². The van der Waals surface area contributed by atoms with Crippen molar-refractivity contribution in [1.82, 2.24) is 15.5 Å². The van der Waals surface area contributed by atoms with Crippen LogP contribution in [0.4, 0.5) is 0 Å². The van der Waals surface area contributed by atoms with Crippen molar-refractivity contribution < 1.29 is 9.59 Å². The summed E-state index contributed by atoms with van der Waals surface area (Å²) in [7, 11) is 0. The molecule has 0 bridgehead atoms. The predicted octanol–water partition coefficient (Wildman–Crippen LogP) is 1.06. The number of nitrogens with zero attached hydrogens (tertiary/aromatic N) is 1. The zero-order valence-electron chi connectivity index (χ0n) is 11.4. The molecule has 0 saturated carbocycles. The van der Waals surface area contributed by atoms with Gasteiger partial charge in [-0.05, 0) is 24.6 Å². The third kappa shape index (κ3) is 4.05. The lowest BCUT2D eigenvalue weighted by Crippen LogP contribution is -2.52. The van der Waals surface area contributed by atoms with Crippen molar-refractivity contribution in [3.63, 3.8) is 0 Å². The molecule has 1 heterocycles. The molecule has 1 aromatic rings. The van der Waals surface area contributed by atoms with Crippen LogP contribution in [0.1, 0.15) is 18.5 Å². The molecule has 5 nitrogen and oxygen atoms in total. The first-order chi connectivity index (χ1) is 9.56. The molecule has 2 N–H and O–H groups in total. The van der Waals surface area contributed by atoms with Gasteiger partial charge in [0, 0.05) is 23.6 Å². The van der Waals surface area contributed by atoms with Crippen LogP contribution in [0.25, 0.3) is 0 Å². The van der Waals surface area contributed by atoms with Crippen LogP contribution in [0.15, 0.2) is 28.7 Å². The van der Waals surface area contributed by atoms with Gasteiger partial charge < -0.3 is 15.5 Å². The van der Waals surface area contributed by atoms with Gasteiger partial charge in [0.15, 0.2) is 0 Å². The number of carbonyl (C=O) groups is 2. The molecule has 0 radical (unpaired) electrons. The standard InChI is InChI=1S/C14H18BrN3O2/c1-10(11-3-2-4-12(15)7-11)17-8-14(20)18-6-5-16-13(19)9-18/h2-4,7,10,17H,5-6,8-9H2,1H3,(H,16,19). The highest BCUT2D eigenvalue weighted by atomic mass is 79.9. The average Bonchev–Trinajstić information content (AvgIpc) is 2.44. The number of piperazine rings is 1. The van der Waals surface area contributed by atoms with Gasteiger partial charge in [-0.2, -0.15) is 0 Å². The van der Waals surface area contributed by atoms with E-state index in [4.69, 9.17) is 0 Å². The largest absolute Gasteiger partial charge is 0.353 e. The maximum atomic E-state index is 12.0. The number of amides is 2. The molecular weight excluding hydrogens is 322 g/mol. The minimum absolute atomic E-state index is 0.0401. The van der Waals surface area contributed by atoms with E-state index in [0.29, 0.717) is 13.1 Å². The van der Waals surface area contributed by atoms with E-state index in [9.17, 15) is 9.59 Å². The van der Waals surface area contributed by atoms with Gasteiger partial charge in [0.25, 0.3) is 0 Å². The third-order valence-electron chi connectivity index (χ3n) is 3.30. The van der Waals surface area contributed by atoms with E-state index >= 15 is 0 Å². The lowest BCUT2D eigenvalue weighted by atomic mass is 10.1. The molecule has 0 aromatic heterocycles. The molecule has 1 saturated heterocycles. The van der Waals surface area contributed by atoms with Crippen molar-refractivity contribution in [2.75, 3.05) is 26.2 Å². The van der Waals surface area contributed by atoms with Gasteiger partial charge >= 0.3 is 0 Å². The number of benzene rings is 1. The predicted molar refractivity (Wildman–Crippen MR) is 80.1 cm³/mol. The summed E-state index contributed by atoms with van der Waals surface area (Å²) in [5.41, 5.74) is 1.11. The molecule has 1 aromatic carbocycles. The van der Waals surface area contributed by atoms with Crippen LogP contribution in [-0.4, -0.2) is 42.9 Å². The van der Waals surface area contributed by atoms with E-state index in [1.165, 1.54) is 0 Å². The van der Waals surface area contributed by atoms with Crippen LogP contribution >= 0.6 is 15.9 Å². The van der Waals surface area contributed by atoms with Crippen LogP contribution in [0, 0.1) is 0 Å². The number of hydrogen-bond acceptors (Lipinski definition) is 3. The van der Waals surface area contributed by atoms with Crippen LogP contribution < -0.4 is 10.6 Å². The number of nitrogens with one attached hydrogen (secondary N) is 2. The van der Waals surface area contributed by atoms with Gasteiger partial charge in [-0.3, -0.25) is 9.59 Å². The summed E-state index contributed by atoms with van der Waals surface area (Å²) < 4.78 is 1.02. The monoisotopic (exact) mass is 339 g/mol. The number of rotatable bonds is 4. The Labute approximate surface area is 126 Å². The molecule has 1 fully saturated rings. The summed E-state index contributed by atoms with van der Waals surface area (Å²) in [6, 6.07) is 8.05. The molecule has 1 atom stereocenters. The fraction of sp³-hybridized carbons (Fsp3) is 0.429. The zero-order chi connectivity index (χ0) is 14.5. The first kappa shape index (κ1) is 15.0. The van der Waals surface area contributed by atoms with Gasteiger partial charge in [-0.1, -0.05) is 28.1 Å².